The lowest BCUT2D eigenvalue weighted by Gasteiger charge is -2.06. The molecule has 1 aromatic heterocycles. The third-order valence-electron chi connectivity index (χ3n) is 2.24. The van der Waals surface area contributed by atoms with E-state index in [9.17, 15) is 4.79 Å². The van der Waals surface area contributed by atoms with Gasteiger partial charge in [-0.2, -0.15) is 0 Å². The lowest BCUT2D eigenvalue weighted by molar-refractivity contribution is 0.0465. The van der Waals surface area contributed by atoms with Crippen LogP contribution in [-0.2, 0) is 11.3 Å². The third kappa shape index (κ3) is 3.31. The number of nitrogens with zero attached hydrogens (tertiary/aromatic N) is 1. The second-order valence-corrected chi connectivity index (χ2v) is 4.73. The summed E-state index contributed by atoms with van der Waals surface area (Å²) >= 11 is 9.16. The molecule has 1 heterocycles. The Kier molecular flexibility index (Phi) is 4.33. The van der Waals surface area contributed by atoms with Crippen LogP contribution in [0.1, 0.15) is 16.1 Å². The molecule has 0 radical (unpaired) electrons. The van der Waals surface area contributed by atoms with Gasteiger partial charge in [0, 0.05) is 10.6 Å². The predicted molar refractivity (Wildman–Crippen MR) is 72.5 cm³/mol. The highest BCUT2D eigenvalue weighted by molar-refractivity contribution is 9.10. The average molecular weight is 327 g/mol. The minimum atomic E-state index is -0.476. The molecule has 0 amide bonds. The molecule has 0 atom stereocenters. The van der Waals surface area contributed by atoms with Crippen molar-refractivity contribution in [2.24, 2.45) is 0 Å². The van der Waals surface area contributed by atoms with Crippen LogP contribution in [0, 0.1) is 0 Å². The molecule has 0 aliphatic carbocycles. The van der Waals surface area contributed by atoms with Gasteiger partial charge in [-0.25, -0.2) is 9.78 Å². The van der Waals surface area contributed by atoms with Crippen molar-refractivity contribution in [3.8, 4) is 0 Å². The Balaban J connectivity index is 2.03. The number of carbonyl (C=O) groups is 1. The molecule has 0 aliphatic rings. The van der Waals surface area contributed by atoms with E-state index in [4.69, 9.17) is 16.3 Å². The number of rotatable bonds is 3. The second kappa shape index (κ2) is 5.98. The quantitative estimate of drug-likeness (QED) is 0.635. The number of ether oxygens (including phenoxy) is 1. The molecule has 0 aliphatic heterocycles. The molecule has 2 aromatic rings. The monoisotopic (exact) mass is 325 g/mol. The number of carbonyl (C=O) groups excluding carboxylic acids is 1. The lowest BCUT2D eigenvalue weighted by atomic mass is 10.2. The van der Waals surface area contributed by atoms with Gasteiger partial charge in [0.2, 0.25) is 0 Å². The first-order valence-electron chi connectivity index (χ1n) is 5.20. The van der Waals surface area contributed by atoms with E-state index >= 15 is 0 Å². The first-order chi connectivity index (χ1) is 8.66. The van der Waals surface area contributed by atoms with Crippen LogP contribution in [0.25, 0.3) is 0 Å². The van der Waals surface area contributed by atoms with E-state index in [1.165, 1.54) is 0 Å². The highest BCUT2D eigenvalue weighted by Crippen LogP contribution is 2.16. The van der Waals surface area contributed by atoms with Crippen molar-refractivity contribution < 1.29 is 9.53 Å². The van der Waals surface area contributed by atoms with E-state index in [0.717, 1.165) is 5.56 Å². The summed E-state index contributed by atoms with van der Waals surface area (Å²) in [7, 11) is 0. The van der Waals surface area contributed by atoms with Gasteiger partial charge in [-0.05, 0) is 34.1 Å². The van der Waals surface area contributed by atoms with E-state index in [1.807, 2.05) is 18.2 Å². The molecule has 0 saturated heterocycles. The Morgan fingerprint density at radius 2 is 2.00 bits per heavy atom. The second-order valence-electron chi connectivity index (χ2n) is 3.51. The Bertz CT molecular complexity index is 574. The van der Waals surface area contributed by atoms with Gasteiger partial charge in [0.15, 0.2) is 0 Å². The zero-order chi connectivity index (χ0) is 13.0. The standard InChI is InChI=1S/C13H9BrClNO2/c14-12-7-3-6-11(16-12)13(17)18-8-9-4-1-2-5-10(9)15/h1-7H,8H2. The van der Waals surface area contributed by atoms with Crippen LogP contribution in [0.5, 0.6) is 0 Å². The molecule has 0 saturated carbocycles. The fraction of sp³-hybridized carbons (Fsp3) is 0.0769. The fourth-order valence-corrected chi connectivity index (χ4v) is 1.89. The Labute approximate surface area is 118 Å². The Morgan fingerprint density at radius 1 is 1.22 bits per heavy atom. The van der Waals surface area contributed by atoms with Crippen LogP contribution in [0.2, 0.25) is 5.02 Å². The van der Waals surface area contributed by atoms with Crippen molar-refractivity contribution in [3.05, 3.63) is 63.3 Å². The summed E-state index contributed by atoms with van der Waals surface area (Å²) in [6.07, 6.45) is 0. The molecular weight excluding hydrogens is 318 g/mol. The summed E-state index contributed by atoms with van der Waals surface area (Å²) < 4.78 is 5.74. The van der Waals surface area contributed by atoms with E-state index < -0.39 is 5.97 Å². The molecule has 0 unspecified atom stereocenters. The number of hydrogen-bond donors (Lipinski definition) is 0. The smallest absolute Gasteiger partial charge is 0.357 e. The first kappa shape index (κ1) is 13.1. The number of pyridine rings is 1. The van der Waals surface area contributed by atoms with Crippen LogP contribution in [0.3, 0.4) is 0 Å². The summed E-state index contributed by atoms with van der Waals surface area (Å²) in [5.74, 6) is -0.476. The molecule has 0 bridgehead atoms. The van der Waals surface area contributed by atoms with Crippen molar-refractivity contribution >= 4 is 33.5 Å². The molecular formula is C13H9BrClNO2. The highest BCUT2D eigenvalue weighted by Gasteiger charge is 2.10. The largest absolute Gasteiger partial charge is 0.456 e. The van der Waals surface area contributed by atoms with E-state index in [2.05, 4.69) is 20.9 Å². The molecule has 0 fully saturated rings. The van der Waals surface area contributed by atoms with Gasteiger partial charge in [0.25, 0.3) is 0 Å². The maximum Gasteiger partial charge on any atom is 0.357 e. The molecule has 18 heavy (non-hydrogen) atoms. The van der Waals surface area contributed by atoms with Crippen molar-refractivity contribution in [1.29, 1.82) is 0 Å². The first-order valence-corrected chi connectivity index (χ1v) is 6.37. The number of hydrogen-bond acceptors (Lipinski definition) is 3. The van der Waals surface area contributed by atoms with Crippen molar-refractivity contribution in [1.82, 2.24) is 4.98 Å². The molecule has 1 aromatic carbocycles. The van der Waals surface area contributed by atoms with Gasteiger partial charge in [-0.3, -0.25) is 0 Å². The van der Waals surface area contributed by atoms with Gasteiger partial charge in [-0.1, -0.05) is 35.9 Å². The fourth-order valence-electron chi connectivity index (χ4n) is 1.35. The summed E-state index contributed by atoms with van der Waals surface area (Å²) in [5, 5.41) is 0.576. The topological polar surface area (TPSA) is 39.2 Å². The lowest BCUT2D eigenvalue weighted by Crippen LogP contribution is -2.07. The van der Waals surface area contributed by atoms with Crippen LogP contribution in [-0.4, -0.2) is 11.0 Å². The molecule has 0 N–H and O–H groups in total. The molecule has 2 rings (SSSR count). The maximum absolute atomic E-state index is 11.7. The molecule has 5 heteroatoms. The van der Waals surface area contributed by atoms with Gasteiger partial charge in [0.05, 0.1) is 0 Å². The van der Waals surface area contributed by atoms with Gasteiger partial charge in [-0.15, -0.1) is 0 Å². The summed E-state index contributed by atoms with van der Waals surface area (Å²) in [6.45, 7) is 0.132. The number of benzene rings is 1. The maximum atomic E-state index is 11.7. The van der Waals surface area contributed by atoms with E-state index in [1.54, 1.807) is 24.3 Å². The van der Waals surface area contributed by atoms with Crippen LogP contribution < -0.4 is 0 Å². The molecule has 0 spiro atoms. The Morgan fingerprint density at radius 3 is 2.72 bits per heavy atom. The summed E-state index contributed by atoms with van der Waals surface area (Å²) in [6, 6.07) is 12.3. The number of halogens is 2. The molecule has 3 nitrogen and oxygen atoms in total. The van der Waals surface area contributed by atoms with Crippen LogP contribution >= 0.6 is 27.5 Å². The Hall–Kier alpha value is -1.39. The minimum absolute atomic E-state index is 0.132. The van der Waals surface area contributed by atoms with Crippen molar-refractivity contribution in [2.75, 3.05) is 0 Å². The summed E-state index contributed by atoms with van der Waals surface area (Å²) in [5.41, 5.74) is 1.03. The summed E-state index contributed by atoms with van der Waals surface area (Å²) in [4.78, 5) is 15.7. The third-order valence-corrected chi connectivity index (χ3v) is 3.05. The number of esters is 1. The zero-order valence-electron chi connectivity index (χ0n) is 9.27. The predicted octanol–water partition coefficient (Wildman–Crippen LogP) is 3.85. The highest BCUT2D eigenvalue weighted by atomic mass is 79.9. The van der Waals surface area contributed by atoms with E-state index in [-0.39, 0.29) is 12.3 Å². The molecule has 92 valence electrons. The zero-order valence-corrected chi connectivity index (χ0v) is 11.6. The normalized spacial score (nSPS) is 10.1. The van der Waals surface area contributed by atoms with Crippen molar-refractivity contribution in [2.45, 2.75) is 6.61 Å². The van der Waals surface area contributed by atoms with E-state index in [0.29, 0.717) is 9.63 Å². The van der Waals surface area contributed by atoms with Gasteiger partial charge < -0.3 is 4.74 Å². The SMILES string of the molecule is O=C(OCc1ccccc1Cl)c1cccc(Br)n1. The average Bonchev–Trinajstić information content (AvgIpc) is 2.37. The van der Waals surface area contributed by atoms with Crippen molar-refractivity contribution in [3.63, 3.8) is 0 Å². The van der Waals surface area contributed by atoms with Crippen LogP contribution in [0.15, 0.2) is 47.1 Å². The minimum Gasteiger partial charge on any atom is -0.456 e. The number of aromatic nitrogens is 1. The van der Waals surface area contributed by atoms with Crippen LogP contribution in [0.4, 0.5) is 0 Å². The van der Waals surface area contributed by atoms with Gasteiger partial charge in [0.1, 0.15) is 16.9 Å². The van der Waals surface area contributed by atoms with Gasteiger partial charge >= 0.3 is 5.97 Å².